The van der Waals surface area contributed by atoms with Crippen LogP contribution in [0.15, 0.2) is 48.2 Å². The van der Waals surface area contributed by atoms with Gasteiger partial charge in [-0.05, 0) is 50.1 Å². The summed E-state index contributed by atoms with van der Waals surface area (Å²) in [5.74, 6) is 1.36. The van der Waals surface area contributed by atoms with Crippen molar-refractivity contribution in [3.8, 4) is 5.75 Å². The van der Waals surface area contributed by atoms with Crippen LogP contribution in [-0.2, 0) is 28.6 Å². The minimum Gasteiger partial charge on any atom is -0.748 e. The van der Waals surface area contributed by atoms with E-state index in [1.54, 1.807) is 7.11 Å². The van der Waals surface area contributed by atoms with E-state index in [9.17, 15) is 13.0 Å². The standard InChI is InChI=1S/C28H33Cl2N3O4S/c1-6-31-24-17-21(29)22(30)18-25(24)32(7-2)27(31)11-8-10-26-28(3,4)20-16-19(37-5)12-13-23(20)33(26)14-9-15-38(34,35)36/h8,10-13,16-18H,6-7,9,14-15H2,1-5H3. The number of hydrogen-bond donors (Lipinski definition) is 0. The van der Waals surface area contributed by atoms with Crippen LogP contribution < -0.4 is 14.2 Å². The lowest BCUT2D eigenvalue weighted by Gasteiger charge is -2.27. The second kappa shape index (κ2) is 10.9. The van der Waals surface area contributed by atoms with Crippen molar-refractivity contribution < 1.29 is 22.3 Å². The first-order valence-electron chi connectivity index (χ1n) is 12.6. The van der Waals surface area contributed by atoms with E-state index in [0.717, 1.165) is 52.6 Å². The molecule has 1 aliphatic heterocycles. The third-order valence-electron chi connectivity index (χ3n) is 7.16. The minimum absolute atomic E-state index is 0.232. The van der Waals surface area contributed by atoms with Gasteiger partial charge in [0.15, 0.2) is 11.0 Å². The molecule has 0 bridgehead atoms. The first-order chi connectivity index (χ1) is 17.9. The summed E-state index contributed by atoms with van der Waals surface area (Å²) in [6, 6.07) is 9.71. The summed E-state index contributed by atoms with van der Waals surface area (Å²) in [4.78, 5) is 2.10. The molecule has 0 fully saturated rings. The van der Waals surface area contributed by atoms with Gasteiger partial charge in [0.2, 0.25) is 0 Å². The van der Waals surface area contributed by atoms with Gasteiger partial charge in [-0.15, -0.1) is 0 Å². The Morgan fingerprint density at radius 1 is 1.13 bits per heavy atom. The number of ether oxygens (including phenoxy) is 1. The Bertz CT molecular complexity index is 1490. The number of anilines is 1. The van der Waals surface area contributed by atoms with Gasteiger partial charge in [-0.3, -0.25) is 0 Å². The molecule has 2 heterocycles. The van der Waals surface area contributed by atoms with Crippen LogP contribution in [0.2, 0.25) is 10.0 Å². The highest BCUT2D eigenvalue weighted by molar-refractivity contribution is 7.85. The molecule has 0 aliphatic carbocycles. The van der Waals surface area contributed by atoms with Gasteiger partial charge in [0.1, 0.15) is 5.75 Å². The molecule has 0 atom stereocenters. The Balaban J connectivity index is 1.79. The van der Waals surface area contributed by atoms with E-state index in [-0.39, 0.29) is 11.8 Å². The number of aryl methyl sites for hydroxylation is 2. The summed E-state index contributed by atoms with van der Waals surface area (Å²) in [6.07, 6.45) is 6.39. The lowest BCUT2D eigenvalue weighted by molar-refractivity contribution is -0.670. The minimum atomic E-state index is -4.29. The summed E-state index contributed by atoms with van der Waals surface area (Å²) in [7, 11) is -2.66. The third kappa shape index (κ3) is 5.32. The predicted octanol–water partition coefficient (Wildman–Crippen LogP) is 5.91. The number of halogens is 2. The number of fused-ring (bicyclic) bond motifs is 2. The van der Waals surface area contributed by atoms with Crippen LogP contribution in [0.1, 0.15) is 45.5 Å². The highest BCUT2D eigenvalue weighted by atomic mass is 35.5. The summed E-state index contributed by atoms with van der Waals surface area (Å²) in [5, 5.41) is 1.04. The van der Waals surface area contributed by atoms with Crippen LogP contribution >= 0.6 is 23.2 Å². The van der Waals surface area contributed by atoms with E-state index in [2.05, 4.69) is 53.9 Å². The molecule has 0 saturated carbocycles. The molecule has 10 heteroatoms. The lowest BCUT2D eigenvalue weighted by atomic mass is 9.83. The fraction of sp³-hybridized carbons (Fsp3) is 0.393. The van der Waals surface area contributed by atoms with Gasteiger partial charge in [-0.1, -0.05) is 43.1 Å². The van der Waals surface area contributed by atoms with Crippen molar-refractivity contribution in [2.75, 3.05) is 24.3 Å². The zero-order chi connectivity index (χ0) is 27.8. The summed E-state index contributed by atoms with van der Waals surface area (Å²) >= 11 is 12.7. The molecule has 1 aromatic heterocycles. The maximum absolute atomic E-state index is 11.3. The highest BCUT2D eigenvalue weighted by Gasteiger charge is 2.40. The first-order valence-corrected chi connectivity index (χ1v) is 15.0. The van der Waals surface area contributed by atoms with Crippen LogP contribution in [0.25, 0.3) is 17.1 Å². The van der Waals surface area contributed by atoms with E-state index < -0.39 is 15.9 Å². The van der Waals surface area contributed by atoms with Gasteiger partial charge in [0, 0.05) is 47.3 Å². The Hall–Kier alpha value is -2.52. The topological polar surface area (TPSA) is 78.5 Å². The first kappa shape index (κ1) is 28.5. The average Bonchev–Trinajstić information content (AvgIpc) is 3.25. The van der Waals surface area contributed by atoms with Gasteiger partial charge < -0.3 is 14.2 Å². The maximum Gasteiger partial charge on any atom is 0.282 e. The quantitative estimate of drug-likeness (QED) is 0.233. The van der Waals surface area contributed by atoms with Gasteiger partial charge in [0.25, 0.3) is 5.82 Å². The van der Waals surface area contributed by atoms with Gasteiger partial charge in [-0.2, -0.15) is 0 Å². The molecule has 0 saturated heterocycles. The van der Waals surface area contributed by atoms with E-state index in [1.807, 2.05) is 36.4 Å². The smallest absolute Gasteiger partial charge is 0.282 e. The largest absolute Gasteiger partial charge is 0.748 e. The van der Waals surface area contributed by atoms with E-state index in [1.165, 1.54) is 0 Å². The van der Waals surface area contributed by atoms with E-state index in [4.69, 9.17) is 27.9 Å². The molecule has 4 rings (SSSR count). The van der Waals surface area contributed by atoms with Gasteiger partial charge in [-0.25, -0.2) is 17.6 Å². The molecular formula is C28H33Cl2N3O4S. The van der Waals surface area contributed by atoms with Crippen LogP contribution in [0.5, 0.6) is 5.75 Å². The maximum atomic E-state index is 11.3. The number of allylic oxidation sites excluding steroid dienone is 3. The number of benzene rings is 2. The molecule has 7 nitrogen and oxygen atoms in total. The number of nitrogens with zero attached hydrogens (tertiary/aromatic N) is 3. The molecule has 2 aromatic carbocycles. The average molecular weight is 579 g/mol. The second-order valence-electron chi connectivity index (χ2n) is 9.79. The summed E-state index contributed by atoms with van der Waals surface area (Å²) < 4.78 is 43.7. The van der Waals surface area contributed by atoms with Crippen molar-refractivity contribution in [1.29, 1.82) is 0 Å². The summed E-state index contributed by atoms with van der Waals surface area (Å²) in [5.41, 5.74) is 4.72. The molecule has 38 heavy (non-hydrogen) atoms. The van der Waals surface area contributed by atoms with E-state index >= 15 is 0 Å². The van der Waals surface area contributed by atoms with Crippen molar-refractivity contribution in [3.63, 3.8) is 0 Å². The third-order valence-corrected chi connectivity index (χ3v) is 8.67. The zero-order valence-corrected chi connectivity index (χ0v) is 24.6. The molecule has 3 aromatic rings. The van der Waals surface area contributed by atoms with Crippen LogP contribution in [0, 0.1) is 0 Å². The molecule has 1 aliphatic rings. The van der Waals surface area contributed by atoms with Crippen molar-refractivity contribution in [3.05, 3.63) is 69.6 Å². The monoisotopic (exact) mass is 577 g/mol. The normalized spacial score (nSPS) is 16.2. The Morgan fingerprint density at radius 2 is 1.84 bits per heavy atom. The SMILES string of the molecule is CCn1c(/C=C/C=C2/N(CCCS(=O)(=O)[O-])c3ccc(OC)cc3C2(C)C)[n+](CC)c2cc(Cl)c(Cl)cc21. The fourth-order valence-corrected chi connectivity index (χ4v) is 6.14. The molecule has 0 radical (unpaired) electrons. The number of rotatable bonds is 9. The van der Waals surface area contributed by atoms with Crippen molar-refractivity contribution in [1.82, 2.24) is 4.57 Å². The molecule has 0 amide bonds. The second-order valence-corrected chi connectivity index (χ2v) is 12.1. The lowest BCUT2D eigenvalue weighted by Crippen LogP contribution is -2.35. The number of hydrogen-bond acceptors (Lipinski definition) is 5. The Kier molecular flexibility index (Phi) is 8.19. The van der Waals surface area contributed by atoms with Crippen molar-refractivity contribution >= 4 is 56.1 Å². The summed E-state index contributed by atoms with van der Waals surface area (Å²) in [6.45, 7) is 10.4. The number of imidazole rings is 1. The molecular weight excluding hydrogens is 545 g/mol. The van der Waals surface area contributed by atoms with Crippen LogP contribution in [-0.4, -0.2) is 36.9 Å². The van der Waals surface area contributed by atoms with Gasteiger partial charge in [0.05, 0.1) is 40.4 Å². The van der Waals surface area contributed by atoms with Gasteiger partial charge >= 0.3 is 0 Å². The van der Waals surface area contributed by atoms with Crippen LogP contribution in [0.3, 0.4) is 0 Å². The number of aromatic nitrogens is 2. The Morgan fingerprint density at radius 3 is 2.47 bits per heavy atom. The molecule has 0 unspecified atom stereocenters. The van der Waals surface area contributed by atoms with E-state index in [0.29, 0.717) is 16.6 Å². The van der Waals surface area contributed by atoms with Crippen LogP contribution in [0.4, 0.5) is 5.69 Å². The fourth-order valence-electron chi connectivity index (χ4n) is 5.34. The highest BCUT2D eigenvalue weighted by Crippen LogP contribution is 2.49. The predicted molar refractivity (Wildman–Crippen MR) is 153 cm³/mol. The Labute approximate surface area is 234 Å². The molecule has 204 valence electrons. The molecule has 0 spiro atoms. The molecule has 0 N–H and O–H groups in total. The van der Waals surface area contributed by atoms with Crippen molar-refractivity contribution in [2.24, 2.45) is 0 Å². The number of methoxy groups -OCH3 is 1. The van der Waals surface area contributed by atoms with Crippen molar-refractivity contribution in [2.45, 2.75) is 52.6 Å². The zero-order valence-electron chi connectivity index (χ0n) is 22.3.